The Morgan fingerprint density at radius 2 is 1.95 bits per heavy atom. The van der Waals surface area contributed by atoms with Crippen molar-refractivity contribution in [2.75, 3.05) is 0 Å². The number of hydrogen-bond donors (Lipinski definition) is 3. The van der Waals surface area contributed by atoms with E-state index in [9.17, 15) is 14.4 Å². The zero-order valence-electron chi connectivity index (χ0n) is 11.1. The Kier molecular flexibility index (Phi) is 3.23. The van der Waals surface area contributed by atoms with Crippen LogP contribution in [0.3, 0.4) is 0 Å². The first kappa shape index (κ1) is 13.6. The monoisotopic (exact) mass is 298 g/mol. The number of benzene rings is 1. The fourth-order valence-corrected chi connectivity index (χ4v) is 2.02. The van der Waals surface area contributed by atoms with Gasteiger partial charge in [-0.15, -0.1) is 0 Å². The summed E-state index contributed by atoms with van der Waals surface area (Å²) in [6.07, 6.45) is 1.39. The van der Waals surface area contributed by atoms with Crippen LogP contribution in [-0.4, -0.2) is 23.0 Å². The van der Waals surface area contributed by atoms with Crippen molar-refractivity contribution in [1.29, 1.82) is 0 Å². The molecule has 110 valence electrons. The number of carboxylic acids is 1. The third-order valence-corrected chi connectivity index (χ3v) is 3.03. The molecule has 1 saturated heterocycles. The number of imide groups is 1. The summed E-state index contributed by atoms with van der Waals surface area (Å²) in [7, 11) is 0. The van der Waals surface area contributed by atoms with Gasteiger partial charge in [0.1, 0.15) is 17.2 Å². The number of amides is 3. The molecule has 0 spiro atoms. The molecule has 22 heavy (non-hydrogen) atoms. The Morgan fingerprint density at radius 1 is 1.14 bits per heavy atom. The maximum Gasteiger partial charge on any atom is 0.335 e. The zero-order valence-corrected chi connectivity index (χ0v) is 11.1. The number of aromatic carboxylic acids is 1. The van der Waals surface area contributed by atoms with E-state index in [0.717, 1.165) is 0 Å². The highest BCUT2D eigenvalue weighted by Gasteiger charge is 2.23. The molecule has 0 saturated carbocycles. The lowest BCUT2D eigenvalue weighted by molar-refractivity contribution is -0.115. The molecule has 7 heteroatoms. The third-order valence-electron chi connectivity index (χ3n) is 3.03. The smallest absolute Gasteiger partial charge is 0.335 e. The van der Waals surface area contributed by atoms with Crippen molar-refractivity contribution in [3.63, 3.8) is 0 Å². The number of furan rings is 1. The summed E-state index contributed by atoms with van der Waals surface area (Å²) in [5, 5.41) is 13.4. The van der Waals surface area contributed by atoms with Gasteiger partial charge in [-0.1, -0.05) is 12.1 Å². The molecule has 0 unspecified atom stereocenters. The fourth-order valence-electron chi connectivity index (χ4n) is 2.02. The minimum absolute atomic E-state index is 0.0881. The zero-order chi connectivity index (χ0) is 15.7. The van der Waals surface area contributed by atoms with E-state index in [4.69, 9.17) is 9.52 Å². The van der Waals surface area contributed by atoms with Crippen molar-refractivity contribution in [2.24, 2.45) is 0 Å². The van der Waals surface area contributed by atoms with Crippen LogP contribution in [0.4, 0.5) is 4.79 Å². The molecule has 3 N–H and O–H groups in total. The number of carbonyl (C=O) groups is 3. The van der Waals surface area contributed by atoms with Gasteiger partial charge in [-0.25, -0.2) is 9.59 Å². The first-order valence-corrected chi connectivity index (χ1v) is 6.30. The Hall–Kier alpha value is -3.35. The molecule has 3 amide bonds. The van der Waals surface area contributed by atoms with E-state index in [1.165, 1.54) is 18.2 Å². The standard InChI is InChI=1S/C15H10N2O5/c18-13-11(16-15(21)17-13)7-10-4-5-12(22-10)8-2-1-3-9(6-8)14(19)20/h1-7H,(H,19,20)(H2,16,17,18,21)/b11-7+. The third kappa shape index (κ3) is 2.59. The quantitative estimate of drug-likeness (QED) is 0.591. The first-order chi connectivity index (χ1) is 10.5. The number of hydrogen-bond acceptors (Lipinski definition) is 4. The molecule has 0 bridgehead atoms. The molecule has 3 rings (SSSR count). The van der Waals surface area contributed by atoms with Crippen LogP contribution in [0.2, 0.25) is 0 Å². The highest BCUT2D eigenvalue weighted by molar-refractivity contribution is 6.13. The van der Waals surface area contributed by atoms with E-state index in [0.29, 0.717) is 17.1 Å². The Balaban J connectivity index is 1.90. The van der Waals surface area contributed by atoms with Gasteiger partial charge in [0, 0.05) is 11.6 Å². The van der Waals surface area contributed by atoms with Gasteiger partial charge in [0.05, 0.1) is 5.56 Å². The van der Waals surface area contributed by atoms with Crippen LogP contribution in [0.25, 0.3) is 17.4 Å². The molecule has 1 aromatic carbocycles. The summed E-state index contributed by atoms with van der Waals surface area (Å²) in [4.78, 5) is 33.4. The Morgan fingerprint density at radius 3 is 2.64 bits per heavy atom. The number of rotatable bonds is 3. The average molecular weight is 298 g/mol. The molecule has 2 aromatic rings. The number of carbonyl (C=O) groups excluding carboxylic acids is 2. The SMILES string of the molecule is O=C1NC(=O)/C(=C\c2ccc(-c3cccc(C(=O)O)c3)o2)N1. The van der Waals surface area contributed by atoms with Crippen molar-refractivity contribution in [3.05, 3.63) is 53.4 Å². The first-order valence-electron chi connectivity index (χ1n) is 6.30. The van der Waals surface area contributed by atoms with Crippen molar-refractivity contribution < 1.29 is 23.9 Å². The average Bonchev–Trinajstić information content (AvgIpc) is 3.06. The summed E-state index contributed by atoms with van der Waals surface area (Å²) in [5.74, 6) is -0.736. The predicted octanol–water partition coefficient (Wildman–Crippen LogP) is 1.83. The highest BCUT2D eigenvalue weighted by Crippen LogP contribution is 2.24. The van der Waals surface area contributed by atoms with Crippen LogP contribution in [0, 0.1) is 0 Å². The molecule has 1 aromatic heterocycles. The number of urea groups is 1. The summed E-state index contributed by atoms with van der Waals surface area (Å²) in [5.41, 5.74) is 0.839. The topological polar surface area (TPSA) is 109 Å². The Bertz CT molecular complexity index is 819. The maximum absolute atomic E-state index is 11.4. The molecule has 0 atom stereocenters. The van der Waals surface area contributed by atoms with Gasteiger partial charge in [0.25, 0.3) is 5.91 Å². The van der Waals surface area contributed by atoms with Gasteiger partial charge in [-0.3, -0.25) is 10.1 Å². The minimum atomic E-state index is -1.03. The van der Waals surface area contributed by atoms with Crippen molar-refractivity contribution in [2.45, 2.75) is 0 Å². The van der Waals surface area contributed by atoms with E-state index in [-0.39, 0.29) is 11.3 Å². The molecule has 2 heterocycles. The summed E-state index contributed by atoms with van der Waals surface area (Å²) in [6, 6.07) is 8.99. The summed E-state index contributed by atoms with van der Waals surface area (Å²) in [6.45, 7) is 0. The minimum Gasteiger partial charge on any atom is -0.478 e. The van der Waals surface area contributed by atoms with Crippen molar-refractivity contribution >= 4 is 24.0 Å². The molecular formula is C15H10N2O5. The van der Waals surface area contributed by atoms with Gasteiger partial charge in [-0.05, 0) is 24.3 Å². The largest absolute Gasteiger partial charge is 0.478 e. The van der Waals surface area contributed by atoms with Crippen LogP contribution in [-0.2, 0) is 4.79 Å². The lowest BCUT2D eigenvalue weighted by atomic mass is 10.1. The highest BCUT2D eigenvalue weighted by atomic mass is 16.4. The van der Waals surface area contributed by atoms with Gasteiger partial charge >= 0.3 is 12.0 Å². The van der Waals surface area contributed by atoms with E-state index in [1.807, 2.05) is 0 Å². The molecule has 0 aliphatic carbocycles. The number of nitrogens with one attached hydrogen (secondary N) is 2. The molecular weight excluding hydrogens is 288 g/mol. The second kappa shape index (κ2) is 5.21. The molecule has 1 aliphatic heterocycles. The fraction of sp³-hybridized carbons (Fsp3) is 0. The number of carboxylic acid groups (broad SMARTS) is 1. The lowest BCUT2D eigenvalue weighted by Crippen LogP contribution is -2.22. The maximum atomic E-state index is 11.4. The molecule has 0 radical (unpaired) electrons. The second-order valence-electron chi connectivity index (χ2n) is 4.55. The lowest BCUT2D eigenvalue weighted by Gasteiger charge is -1.99. The van der Waals surface area contributed by atoms with E-state index >= 15 is 0 Å². The normalized spacial score (nSPS) is 15.7. The van der Waals surface area contributed by atoms with Crippen LogP contribution in [0.5, 0.6) is 0 Å². The van der Waals surface area contributed by atoms with Gasteiger partial charge < -0.3 is 14.8 Å². The van der Waals surface area contributed by atoms with E-state index in [1.54, 1.807) is 24.3 Å². The Labute approximate surface area is 124 Å². The predicted molar refractivity (Wildman–Crippen MR) is 75.8 cm³/mol. The van der Waals surface area contributed by atoms with Gasteiger partial charge in [-0.2, -0.15) is 0 Å². The van der Waals surface area contributed by atoms with E-state index < -0.39 is 17.9 Å². The van der Waals surface area contributed by atoms with E-state index in [2.05, 4.69) is 10.6 Å². The molecule has 1 aliphatic rings. The van der Waals surface area contributed by atoms with Crippen molar-refractivity contribution in [1.82, 2.24) is 10.6 Å². The summed E-state index contributed by atoms with van der Waals surface area (Å²) < 4.78 is 5.55. The summed E-state index contributed by atoms with van der Waals surface area (Å²) >= 11 is 0. The molecule has 7 nitrogen and oxygen atoms in total. The van der Waals surface area contributed by atoms with Crippen LogP contribution < -0.4 is 10.6 Å². The van der Waals surface area contributed by atoms with Crippen molar-refractivity contribution in [3.8, 4) is 11.3 Å². The van der Waals surface area contributed by atoms with Crippen LogP contribution in [0.1, 0.15) is 16.1 Å². The molecule has 1 fully saturated rings. The van der Waals surface area contributed by atoms with Crippen LogP contribution in [0.15, 0.2) is 46.5 Å². The van der Waals surface area contributed by atoms with Gasteiger partial charge in [0.2, 0.25) is 0 Å². The second-order valence-corrected chi connectivity index (χ2v) is 4.55. The van der Waals surface area contributed by atoms with Gasteiger partial charge in [0.15, 0.2) is 0 Å². The van der Waals surface area contributed by atoms with Crippen LogP contribution >= 0.6 is 0 Å².